The number of anilines is 1. The van der Waals surface area contributed by atoms with Crippen molar-refractivity contribution in [1.29, 1.82) is 0 Å². The molecule has 0 fully saturated rings. The first kappa shape index (κ1) is 24.3. The molecule has 0 radical (unpaired) electrons. The fraction of sp³-hybridized carbons (Fsp3) is 0.727. The van der Waals surface area contributed by atoms with Crippen LogP contribution in [0.5, 0.6) is 0 Å². The molecule has 0 amide bonds. The van der Waals surface area contributed by atoms with E-state index in [0.717, 1.165) is 0 Å². The quantitative estimate of drug-likeness (QED) is 0.325. The summed E-state index contributed by atoms with van der Waals surface area (Å²) >= 11 is -2.62. The third-order valence-corrected chi connectivity index (χ3v) is 20.2. The molecule has 0 aliphatic rings. The molecule has 0 aliphatic carbocycles. The van der Waals surface area contributed by atoms with Gasteiger partial charge in [0.2, 0.25) is 0 Å². The Morgan fingerprint density at radius 3 is 1.85 bits per heavy atom. The van der Waals surface area contributed by atoms with Gasteiger partial charge in [0.25, 0.3) is 0 Å². The number of hydrogen-bond acceptors (Lipinski definition) is 4. The van der Waals surface area contributed by atoms with Crippen LogP contribution in [0.1, 0.15) is 90.4 Å². The summed E-state index contributed by atoms with van der Waals surface area (Å²) in [6.07, 6.45) is 7.50. The molecule has 0 bridgehead atoms. The predicted octanol–water partition coefficient (Wildman–Crippen LogP) is 5.68. The van der Waals surface area contributed by atoms with E-state index >= 15 is 0 Å². The molecule has 0 saturated carbocycles. The fourth-order valence-corrected chi connectivity index (χ4v) is 19.0. The van der Waals surface area contributed by atoms with E-state index in [9.17, 15) is 4.79 Å². The molecule has 0 spiro atoms. The van der Waals surface area contributed by atoms with Crippen LogP contribution in [0.4, 0.5) is 5.82 Å². The Labute approximate surface area is 170 Å². The number of pyridine rings is 1. The number of carbonyl (C=O) groups is 1. The second kappa shape index (κ2) is 11.3. The summed E-state index contributed by atoms with van der Waals surface area (Å²) in [6, 6.07) is 3.97. The molecule has 0 saturated heterocycles. The first-order valence-corrected chi connectivity index (χ1v) is 18.2. The molecule has 27 heavy (non-hydrogen) atoms. The van der Waals surface area contributed by atoms with Crippen LogP contribution in [0.25, 0.3) is 0 Å². The number of hydrogen-bond donors (Lipinski definition) is 1. The molecule has 0 atom stereocenters. The summed E-state index contributed by atoms with van der Waals surface area (Å²) in [6.45, 7) is 12.4. The van der Waals surface area contributed by atoms with Gasteiger partial charge < -0.3 is 0 Å². The van der Waals surface area contributed by atoms with Gasteiger partial charge in [0.1, 0.15) is 0 Å². The van der Waals surface area contributed by atoms with Gasteiger partial charge >= 0.3 is 171 Å². The molecule has 2 N–H and O–H groups in total. The summed E-state index contributed by atoms with van der Waals surface area (Å²) in [5.41, 5.74) is 6.11. The van der Waals surface area contributed by atoms with Crippen LogP contribution in [-0.4, -0.2) is 34.9 Å². The van der Waals surface area contributed by atoms with Crippen molar-refractivity contribution in [3.8, 4) is 0 Å². The van der Waals surface area contributed by atoms with Crippen molar-refractivity contribution in [2.75, 3.05) is 5.73 Å². The number of rotatable bonds is 11. The van der Waals surface area contributed by atoms with Gasteiger partial charge in [0, 0.05) is 0 Å². The molecular weight excluding hydrogens is 443 g/mol. The van der Waals surface area contributed by atoms with Gasteiger partial charge in [-0.2, -0.15) is 0 Å². The second-order valence-corrected chi connectivity index (χ2v) is 21.8. The van der Waals surface area contributed by atoms with Crippen LogP contribution in [0.15, 0.2) is 12.1 Å². The van der Waals surface area contributed by atoms with Gasteiger partial charge in [-0.1, -0.05) is 0 Å². The average molecular weight is 483 g/mol. The Morgan fingerprint density at radius 2 is 1.48 bits per heavy atom. The summed E-state index contributed by atoms with van der Waals surface area (Å²) in [4.78, 5) is 17.3. The van der Waals surface area contributed by atoms with Crippen molar-refractivity contribution in [2.24, 2.45) is 0 Å². The Balaban J connectivity index is 3.23. The maximum absolute atomic E-state index is 12.4. The molecule has 154 valence electrons. The Morgan fingerprint density at radius 1 is 1.00 bits per heavy atom. The Hall–Kier alpha value is -0.781. The molecule has 1 aromatic heterocycles. The van der Waals surface area contributed by atoms with Crippen LogP contribution < -0.4 is 9.44 Å². The van der Waals surface area contributed by atoms with E-state index in [0.29, 0.717) is 11.4 Å². The van der Waals surface area contributed by atoms with E-state index in [1.165, 1.54) is 55.5 Å². The fourth-order valence-electron chi connectivity index (χ4n) is 3.58. The molecule has 0 unspecified atom stereocenters. The SMILES string of the molecule is CCC[CH2][Sn]([CH2]CCC)([CH2]CCC)[c]1ccc(C(=O)OC(C)(C)C)c(N)n1. The Bertz CT molecular complexity index is 575. The summed E-state index contributed by atoms with van der Waals surface area (Å²) in [5, 5.41) is 0. The number of carbonyl (C=O) groups excluding carboxylic acids is 1. The van der Waals surface area contributed by atoms with Gasteiger partial charge in [-0.05, 0) is 0 Å². The molecule has 0 aliphatic heterocycles. The molecule has 5 heteroatoms. The maximum atomic E-state index is 12.4. The standard InChI is InChI=1S/C10H13N2O2.3C4H9.Sn/c1-10(2,3)14-9(13)7-5-4-6-12-8(7)11;3*1-3-4-2;/h4-5H,1-3H3,(H2,11,12);3*1,3-4H2,2H3;. The number of ether oxygens (including phenoxy) is 1. The topological polar surface area (TPSA) is 65.2 Å². The van der Waals surface area contributed by atoms with Crippen LogP contribution in [0.2, 0.25) is 13.3 Å². The van der Waals surface area contributed by atoms with E-state index in [1.54, 1.807) is 0 Å². The Kier molecular flexibility index (Phi) is 10.1. The van der Waals surface area contributed by atoms with Crippen molar-refractivity contribution in [1.82, 2.24) is 4.98 Å². The van der Waals surface area contributed by atoms with Crippen molar-refractivity contribution < 1.29 is 9.53 Å². The van der Waals surface area contributed by atoms with Crippen LogP contribution >= 0.6 is 0 Å². The van der Waals surface area contributed by atoms with Gasteiger partial charge in [0.15, 0.2) is 0 Å². The first-order valence-electron chi connectivity index (χ1n) is 10.7. The molecule has 0 aromatic carbocycles. The number of aromatic nitrogens is 1. The van der Waals surface area contributed by atoms with Gasteiger partial charge in [-0.25, -0.2) is 0 Å². The minimum atomic E-state index is -2.62. The van der Waals surface area contributed by atoms with Crippen molar-refractivity contribution in [3.63, 3.8) is 0 Å². The zero-order valence-electron chi connectivity index (χ0n) is 18.4. The number of nitrogens with two attached hydrogens (primary N) is 1. The first-order chi connectivity index (χ1) is 12.7. The molecule has 4 nitrogen and oxygen atoms in total. The summed E-state index contributed by atoms with van der Waals surface area (Å²) < 4.78 is 10.7. The number of nitrogens with zero attached hydrogens (tertiary/aromatic N) is 1. The third kappa shape index (κ3) is 7.63. The van der Waals surface area contributed by atoms with Gasteiger partial charge in [0.05, 0.1) is 0 Å². The minimum absolute atomic E-state index is 0.340. The van der Waals surface area contributed by atoms with E-state index in [1.807, 2.05) is 26.8 Å². The molecular formula is C22H40N2O2Sn. The predicted molar refractivity (Wildman–Crippen MR) is 118 cm³/mol. The summed E-state index contributed by atoms with van der Waals surface area (Å²) in [5.74, 6) is -0.0390. The normalized spacial score (nSPS) is 12.2. The van der Waals surface area contributed by atoms with Crippen molar-refractivity contribution >= 4 is 33.9 Å². The summed E-state index contributed by atoms with van der Waals surface area (Å²) in [7, 11) is 0. The van der Waals surface area contributed by atoms with Crippen molar-refractivity contribution in [3.05, 3.63) is 17.7 Å². The van der Waals surface area contributed by atoms with Crippen LogP contribution in [0.3, 0.4) is 0 Å². The van der Waals surface area contributed by atoms with E-state index in [2.05, 4.69) is 26.8 Å². The van der Waals surface area contributed by atoms with Gasteiger partial charge in [-0.3, -0.25) is 0 Å². The number of nitrogen functional groups attached to an aromatic ring is 1. The van der Waals surface area contributed by atoms with Crippen LogP contribution in [0, 0.1) is 0 Å². The number of esters is 1. The average Bonchev–Trinajstić information content (AvgIpc) is 2.59. The molecule has 1 heterocycles. The zero-order valence-corrected chi connectivity index (χ0v) is 21.2. The van der Waals surface area contributed by atoms with Crippen molar-refractivity contribution in [2.45, 2.75) is 99.0 Å². The van der Waals surface area contributed by atoms with E-state index in [4.69, 9.17) is 15.5 Å². The zero-order chi connectivity index (χ0) is 20.5. The number of unbranched alkanes of at least 4 members (excludes halogenated alkanes) is 3. The monoisotopic (exact) mass is 484 g/mol. The molecule has 1 rings (SSSR count). The van der Waals surface area contributed by atoms with E-state index in [-0.39, 0.29) is 5.97 Å². The van der Waals surface area contributed by atoms with Gasteiger partial charge in [-0.15, -0.1) is 0 Å². The second-order valence-electron chi connectivity index (χ2n) is 8.72. The molecule has 1 aromatic rings. The van der Waals surface area contributed by atoms with Crippen LogP contribution in [-0.2, 0) is 4.74 Å². The third-order valence-electron chi connectivity index (χ3n) is 5.11. The van der Waals surface area contributed by atoms with E-state index < -0.39 is 24.0 Å².